The highest BCUT2D eigenvalue weighted by atomic mass is 16.5. The number of amides is 1. The second-order valence-corrected chi connectivity index (χ2v) is 6.84. The van der Waals surface area contributed by atoms with Gasteiger partial charge in [0.15, 0.2) is 0 Å². The number of carbonyl (C=O) groups excluding carboxylic acids is 1. The lowest BCUT2D eigenvalue weighted by molar-refractivity contribution is -0.130. The molecule has 1 fully saturated rings. The molecular formula is C20H27N3O3. The van der Waals surface area contributed by atoms with Crippen LogP contribution in [0.15, 0.2) is 28.8 Å². The van der Waals surface area contributed by atoms with Gasteiger partial charge in [0.05, 0.1) is 19.2 Å². The van der Waals surface area contributed by atoms with E-state index >= 15 is 0 Å². The Balaban J connectivity index is 1.54. The molecule has 1 aromatic carbocycles. The largest absolute Gasteiger partial charge is 0.497 e. The first-order chi connectivity index (χ1) is 12.6. The predicted octanol–water partition coefficient (Wildman–Crippen LogP) is 2.58. The third-order valence-corrected chi connectivity index (χ3v) is 5.02. The van der Waals surface area contributed by atoms with Crippen LogP contribution < -0.4 is 4.74 Å². The van der Waals surface area contributed by atoms with Crippen molar-refractivity contribution in [2.75, 3.05) is 33.3 Å². The zero-order valence-electron chi connectivity index (χ0n) is 15.8. The maximum absolute atomic E-state index is 12.7. The van der Waals surface area contributed by atoms with Crippen molar-refractivity contribution in [2.45, 2.75) is 33.2 Å². The number of nitrogens with zero attached hydrogens (tertiary/aromatic N) is 3. The SMILES string of the molecule is COc1ccc(CN2CCCN(C(=O)Cc3c(C)noc3C)CC2)cc1. The molecule has 6 nitrogen and oxygen atoms in total. The van der Waals surface area contributed by atoms with Gasteiger partial charge in [0.2, 0.25) is 5.91 Å². The van der Waals surface area contributed by atoms with Crippen LogP contribution in [0.1, 0.15) is 29.0 Å². The molecule has 2 aromatic rings. The molecule has 26 heavy (non-hydrogen) atoms. The lowest BCUT2D eigenvalue weighted by Crippen LogP contribution is -2.36. The van der Waals surface area contributed by atoms with E-state index in [2.05, 4.69) is 22.2 Å². The molecule has 0 unspecified atom stereocenters. The number of hydrogen-bond donors (Lipinski definition) is 0. The Kier molecular flexibility index (Phi) is 5.93. The molecule has 2 heterocycles. The minimum Gasteiger partial charge on any atom is -0.497 e. The smallest absolute Gasteiger partial charge is 0.227 e. The van der Waals surface area contributed by atoms with Crippen molar-refractivity contribution in [1.82, 2.24) is 15.0 Å². The molecule has 3 rings (SSSR count). The molecule has 0 spiro atoms. The van der Waals surface area contributed by atoms with Gasteiger partial charge in [-0.1, -0.05) is 17.3 Å². The van der Waals surface area contributed by atoms with Gasteiger partial charge in [-0.05, 0) is 38.0 Å². The van der Waals surface area contributed by atoms with Crippen LogP contribution in [0.2, 0.25) is 0 Å². The fourth-order valence-corrected chi connectivity index (χ4v) is 3.38. The monoisotopic (exact) mass is 357 g/mol. The number of carbonyl (C=O) groups is 1. The van der Waals surface area contributed by atoms with E-state index in [1.54, 1.807) is 7.11 Å². The van der Waals surface area contributed by atoms with Crippen molar-refractivity contribution in [3.8, 4) is 5.75 Å². The molecule has 0 aliphatic carbocycles. The average molecular weight is 357 g/mol. The Morgan fingerprint density at radius 2 is 1.92 bits per heavy atom. The molecule has 0 atom stereocenters. The summed E-state index contributed by atoms with van der Waals surface area (Å²) >= 11 is 0. The fourth-order valence-electron chi connectivity index (χ4n) is 3.38. The maximum atomic E-state index is 12.7. The molecule has 6 heteroatoms. The van der Waals surface area contributed by atoms with Gasteiger partial charge >= 0.3 is 0 Å². The summed E-state index contributed by atoms with van der Waals surface area (Å²) in [4.78, 5) is 17.1. The van der Waals surface area contributed by atoms with Crippen molar-refractivity contribution < 1.29 is 14.1 Å². The highest BCUT2D eigenvalue weighted by molar-refractivity contribution is 5.79. The van der Waals surface area contributed by atoms with Crippen LogP contribution >= 0.6 is 0 Å². The zero-order chi connectivity index (χ0) is 18.5. The summed E-state index contributed by atoms with van der Waals surface area (Å²) in [5.74, 6) is 1.78. The van der Waals surface area contributed by atoms with Crippen molar-refractivity contribution in [1.29, 1.82) is 0 Å². The molecule has 1 aliphatic rings. The normalized spacial score (nSPS) is 15.7. The first kappa shape index (κ1) is 18.5. The lowest BCUT2D eigenvalue weighted by atomic mass is 10.1. The van der Waals surface area contributed by atoms with Gasteiger partial charge in [0.25, 0.3) is 0 Å². The summed E-state index contributed by atoms with van der Waals surface area (Å²) in [6.07, 6.45) is 1.36. The standard InChI is InChI=1S/C20H27N3O3/c1-15-19(16(2)26-21-15)13-20(24)23-10-4-9-22(11-12-23)14-17-5-7-18(25-3)8-6-17/h5-8H,4,9-14H2,1-3H3. The summed E-state index contributed by atoms with van der Waals surface area (Å²) < 4.78 is 10.4. The Morgan fingerprint density at radius 3 is 2.58 bits per heavy atom. The van der Waals surface area contributed by atoms with Crippen LogP contribution in [0.5, 0.6) is 5.75 Å². The molecule has 140 valence electrons. The van der Waals surface area contributed by atoms with Gasteiger partial charge in [0, 0.05) is 38.3 Å². The number of rotatable bonds is 5. The Hall–Kier alpha value is -2.34. The average Bonchev–Trinajstić information content (AvgIpc) is 2.85. The van der Waals surface area contributed by atoms with E-state index in [1.807, 2.05) is 30.9 Å². The highest BCUT2D eigenvalue weighted by Gasteiger charge is 2.21. The number of hydrogen-bond acceptors (Lipinski definition) is 5. The summed E-state index contributed by atoms with van der Waals surface area (Å²) in [5, 5.41) is 3.94. The van der Waals surface area contributed by atoms with E-state index in [-0.39, 0.29) is 5.91 Å². The number of aryl methyl sites for hydroxylation is 2. The summed E-state index contributed by atoms with van der Waals surface area (Å²) in [6, 6.07) is 8.19. The van der Waals surface area contributed by atoms with E-state index < -0.39 is 0 Å². The maximum Gasteiger partial charge on any atom is 0.227 e. The molecule has 1 aliphatic heterocycles. The van der Waals surface area contributed by atoms with Gasteiger partial charge in [-0.2, -0.15) is 0 Å². The van der Waals surface area contributed by atoms with Crippen molar-refractivity contribution >= 4 is 5.91 Å². The Labute approximate surface area is 154 Å². The first-order valence-corrected chi connectivity index (χ1v) is 9.11. The van der Waals surface area contributed by atoms with Crippen LogP contribution in [0.4, 0.5) is 0 Å². The van der Waals surface area contributed by atoms with Gasteiger partial charge < -0.3 is 14.2 Å². The van der Waals surface area contributed by atoms with Gasteiger partial charge in [0.1, 0.15) is 11.5 Å². The molecule has 0 saturated carbocycles. The van der Waals surface area contributed by atoms with Crippen LogP contribution in [0, 0.1) is 13.8 Å². The molecule has 1 aromatic heterocycles. The third-order valence-electron chi connectivity index (χ3n) is 5.02. The number of aromatic nitrogens is 1. The lowest BCUT2D eigenvalue weighted by Gasteiger charge is -2.22. The second-order valence-electron chi connectivity index (χ2n) is 6.84. The van der Waals surface area contributed by atoms with E-state index in [9.17, 15) is 4.79 Å². The van der Waals surface area contributed by atoms with Crippen LogP contribution in [-0.2, 0) is 17.8 Å². The highest BCUT2D eigenvalue weighted by Crippen LogP contribution is 2.16. The van der Waals surface area contributed by atoms with E-state index in [1.165, 1.54) is 5.56 Å². The number of benzene rings is 1. The molecule has 0 N–H and O–H groups in total. The van der Waals surface area contributed by atoms with Gasteiger partial charge in [-0.15, -0.1) is 0 Å². The minimum atomic E-state index is 0.158. The number of ether oxygens (including phenoxy) is 1. The van der Waals surface area contributed by atoms with E-state index in [0.29, 0.717) is 6.42 Å². The van der Waals surface area contributed by atoms with Crippen LogP contribution in [-0.4, -0.2) is 54.2 Å². The van der Waals surface area contributed by atoms with Crippen molar-refractivity contribution in [3.05, 3.63) is 46.8 Å². The fraction of sp³-hybridized carbons (Fsp3) is 0.500. The summed E-state index contributed by atoms with van der Waals surface area (Å²) in [6.45, 7) is 8.11. The second kappa shape index (κ2) is 8.36. The van der Waals surface area contributed by atoms with Crippen LogP contribution in [0.25, 0.3) is 0 Å². The quantitative estimate of drug-likeness (QED) is 0.823. The predicted molar refractivity (Wildman–Crippen MR) is 99.1 cm³/mol. The minimum absolute atomic E-state index is 0.158. The number of methoxy groups -OCH3 is 1. The molecular weight excluding hydrogens is 330 g/mol. The Morgan fingerprint density at radius 1 is 1.15 bits per heavy atom. The van der Waals surface area contributed by atoms with Crippen molar-refractivity contribution in [2.24, 2.45) is 0 Å². The summed E-state index contributed by atoms with van der Waals surface area (Å²) in [5.41, 5.74) is 3.00. The van der Waals surface area contributed by atoms with E-state index in [4.69, 9.17) is 9.26 Å². The summed E-state index contributed by atoms with van der Waals surface area (Å²) in [7, 11) is 1.68. The van der Waals surface area contributed by atoms with E-state index in [0.717, 1.165) is 61.9 Å². The molecule has 0 bridgehead atoms. The zero-order valence-corrected chi connectivity index (χ0v) is 15.8. The van der Waals surface area contributed by atoms with Crippen LogP contribution in [0.3, 0.4) is 0 Å². The first-order valence-electron chi connectivity index (χ1n) is 9.11. The molecule has 1 saturated heterocycles. The Bertz CT molecular complexity index is 720. The van der Waals surface area contributed by atoms with Gasteiger partial charge in [-0.3, -0.25) is 9.69 Å². The third kappa shape index (κ3) is 4.43. The molecule has 1 amide bonds. The van der Waals surface area contributed by atoms with Crippen molar-refractivity contribution in [3.63, 3.8) is 0 Å². The molecule has 0 radical (unpaired) electrons. The van der Waals surface area contributed by atoms with Gasteiger partial charge in [-0.25, -0.2) is 0 Å². The topological polar surface area (TPSA) is 58.8 Å².